The second-order valence-corrected chi connectivity index (χ2v) is 5.29. The van der Waals surface area contributed by atoms with Crippen LogP contribution in [0.3, 0.4) is 0 Å². The maximum absolute atomic E-state index is 9.32. The number of methoxy groups -OCH3 is 1. The third kappa shape index (κ3) is 2.82. The molecule has 21 heavy (non-hydrogen) atoms. The van der Waals surface area contributed by atoms with Crippen molar-refractivity contribution in [3.05, 3.63) is 41.5 Å². The van der Waals surface area contributed by atoms with Gasteiger partial charge in [0.2, 0.25) is 0 Å². The van der Waals surface area contributed by atoms with Crippen molar-refractivity contribution in [3.8, 4) is 22.9 Å². The molecule has 0 aromatic heterocycles. The number of rotatable bonds is 4. The van der Waals surface area contributed by atoms with Gasteiger partial charge in [0.1, 0.15) is 11.8 Å². The van der Waals surface area contributed by atoms with Gasteiger partial charge in [0, 0.05) is 28.3 Å². The fraction of sp³-hybridized carbons (Fsp3) is 0.188. The summed E-state index contributed by atoms with van der Waals surface area (Å²) in [4.78, 5) is 0.887. The normalized spacial score (nSPS) is 10.2. The molecule has 0 unspecified atom stereocenters. The van der Waals surface area contributed by atoms with Crippen LogP contribution in [0.4, 0.5) is 5.69 Å². The highest BCUT2D eigenvalue weighted by atomic mass is 32.2. The van der Waals surface area contributed by atoms with Crippen LogP contribution in [0.5, 0.6) is 5.75 Å². The summed E-state index contributed by atoms with van der Waals surface area (Å²) in [6, 6.07) is 11.8. The number of nitrogens with two attached hydrogens (primary N) is 2. The Hall–Kier alpha value is -2.16. The summed E-state index contributed by atoms with van der Waals surface area (Å²) in [5, 5.41) is 9.32. The van der Waals surface area contributed by atoms with Crippen LogP contribution in [0.1, 0.15) is 11.1 Å². The van der Waals surface area contributed by atoms with Crippen LogP contribution in [0.25, 0.3) is 11.1 Å². The molecule has 0 fully saturated rings. The molecule has 108 valence electrons. The van der Waals surface area contributed by atoms with Gasteiger partial charge < -0.3 is 16.2 Å². The predicted octanol–water partition coefficient (Wildman–Crippen LogP) is 3.00. The van der Waals surface area contributed by atoms with Crippen LogP contribution in [0, 0.1) is 11.3 Å². The lowest BCUT2D eigenvalue weighted by Gasteiger charge is -2.15. The van der Waals surface area contributed by atoms with Crippen LogP contribution in [0.15, 0.2) is 35.2 Å². The van der Waals surface area contributed by atoms with E-state index in [9.17, 15) is 5.26 Å². The Bertz CT molecular complexity index is 690. The molecule has 0 aliphatic rings. The molecule has 0 spiro atoms. The first-order chi connectivity index (χ1) is 10.2. The third-order valence-corrected chi connectivity index (χ3v) is 4.14. The summed E-state index contributed by atoms with van der Waals surface area (Å²) < 4.78 is 5.16. The number of ether oxygens (including phenoxy) is 1. The van der Waals surface area contributed by atoms with E-state index in [2.05, 4.69) is 6.07 Å². The molecule has 4 nitrogen and oxygen atoms in total. The smallest absolute Gasteiger partial charge is 0.118 e. The predicted molar refractivity (Wildman–Crippen MR) is 87.2 cm³/mol. The lowest BCUT2D eigenvalue weighted by molar-refractivity contribution is 0.415. The van der Waals surface area contributed by atoms with Crippen molar-refractivity contribution in [3.63, 3.8) is 0 Å². The molecular weight excluding hydrogens is 282 g/mol. The first-order valence-electron chi connectivity index (χ1n) is 6.40. The number of nitrogens with zero attached hydrogens (tertiary/aromatic N) is 1. The molecule has 5 heteroatoms. The van der Waals surface area contributed by atoms with Gasteiger partial charge in [0.25, 0.3) is 0 Å². The van der Waals surface area contributed by atoms with E-state index in [1.54, 1.807) is 7.11 Å². The highest BCUT2D eigenvalue weighted by Gasteiger charge is 2.16. The summed E-state index contributed by atoms with van der Waals surface area (Å²) in [5.41, 5.74) is 15.7. The number of benzene rings is 2. The molecular formula is C16H17N3OS. The third-order valence-electron chi connectivity index (χ3n) is 3.38. The van der Waals surface area contributed by atoms with Gasteiger partial charge in [-0.2, -0.15) is 5.26 Å². The van der Waals surface area contributed by atoms with Crippen LogP contribution in [-0.4, -0.2) is 13.4 Å². The van der Waals surface area contributed by atoms with Crippen molar-refractivity contribution >= 4 is 17.4 Å². The number of thioether (sulfide) groups is 1. The summed E-state index contributed by atoms with van der Waals surface area (Å²) in [5.74, 6) is 0.787. The number of hydrogen-bond donors (Lipinski definition) is 2. The first-order valence-corrected chi connectivity index (χ1v) is 7.62. The SMILES string of the molecule is COc1ccc(-c2cc(SC)c(C#N)c(CN)c2N)cc1. The maximum Gasteiger partial charge on any atom is 0.118 e. The Morgan fingerprint density at radius 3 is 2.43 bits per heavy atom. The lowest BCUT2D eigenvalue weighted by atomic mass is 9.96. The molecule has 0 bridgehead atoms. The molecule has 0 aliphatic carbocycles. The van der Waals surface area contributed by atoms with Crippen molar-refractivity contribution in [2.45, 2.75) is 11.4 Å². The van der Waals surface area contributed by atoms with E-state index in [0.29, 0.717) is 16.8 Å². The minimum absolute atomic E-state index is 0.242. The van der Waals surface area contributed by atoms with Crippen molar-refractivity contribution in [1.82, 2.24) is 0 Å². The zero-order valence-electron chi connectivity index (χ0n) is 12.0. The molecule has 0 amide bonds. The molecule has 0 aliphatic heterocycles. The summed E-state index contributed by atoms with van der Waals surface area (Å²) in [6.45, 7) is 0.242. The number of nitrogen functional groups attached to an aromatic ring is 1. The Morgan fingerprint density at radius 1 is 1.29 bits per heavy atom. The lowest BCUT2D eigenvalue weighted by Crippen LogP contribution is -2.07. The van der Waals surface area contributed by atoms with Gasteiger partial charge in [-0.15, -0.1) is 11.8 Å². The van der Waals surface area contributed by atoms with E-state index < -0.39 is 0 Å². The quantitative estimate of drug-likeness (QED) is 0.669. The molecule has 2 rings (SSSR count). The molecule has 0 heterocycles. The molecule has 2 aromatic carbocycles. The summed E-state index contributed by atoms with van der Waals surface area (Å²) >= 11 is 1.52. The molecule has 0 saturated carbocycles. The molecule has 0 atom stereocenters. The fourth-order valence-electron chi connectivity index (χ4n) is 2.23. The highest BCUT2D eigenvalue weighted by molar-refractivity contribution is 7.98. The van der Waals surface area contributed by atoms with Gasteiger partial charge in [0.05, 0.1) is 12.7 Å². The van der Waals surface area contributed by atoms with Crippen LogP contribution < -0.4 is 16.2 Å². The van der Waals surface area contributed by atoms with Crippen molar-refractivity contribution in [1.29, 1.82) is 5.26 Å². The maximum atomic E-state index is 9.32. The van der Waals surface area contributed by atoms with Gasteiger partial charge in [-0.25, -0.2) is 0 Å². The summed E-state index contributed by atoms with van der Waals surface area (Å²) in [7, 11) is 1.63. The molecule has 2 aromatic rings. The van der Waals surface area contributed by atoms with Crippen molar-refractivity contribution < 1.29 is 4.74 Å². The molecule has 0 radical (unpaired) electrons. The van der Waals surface area contributed by atoms with E-state index in [-0.39, 0.29) is 6.54 Å². The molecule has 0 saturated heterocycles. The molecule has 4 N–H and O–H groups in total. The largest absolute Gasteiger partial charge is 0.497 e. The van der Waals surface area contributed by atoms with Crippen molar-refractivity contribution in [2.75, 3.05) is 19.1 Å². The van der Waals surface area contributed by atoms with E-state index in [1.165, 1.54) is 11.8 Å². The van der Waals surface area contributed by atoms with Crippen LogP contribution in [-0.2, 0) is 6.54 Å². The number of nitriles is 1. The summed E-state index contributed by atoms with van der Waals surface area (Å²) in [6.07, 6.45) is 1.93. The van der Waals surface area contributed by atoms with E-state index in [0.717, 1.165) is 21.8 Å². The second-order valence-electron chi connectivity index (χ2n) is 4.44. The Balaban J connectivity index is 2.65. The van der Waals surface area contributed by atoms with E-state index in [1.807, 2.05) is 36.6 Å². The monoisotopic (exact) mass is 299 g/mol. The fourth-order valence-corrected chi connectivity index (χ4v) is 2.84. The van der Waals surface area contributed by atoms with E-state index in [4.69, 9.17) is 16.2 Å². The van der Waals surface area contributed by atoms with E-state index >= 15 is 0 Å². The zero-order chi connectivity index (χ0) is 15.4. The van der Waals surface area contributed by atoms with Crippen LogP contribution >= 0.6 is 11.8 Å². The van der Waals surface area contributed by atoms with Gasteiger partial charge in [-0.3, -0.25) is 0 Å². The number of hydrogen-bond acceptors (Lipinski definition) is 5. The zero-order valence-corrected chi connectivity index (χ0v) is 12.8. The average molecular weight is 299 g/mol. The van der Waals surface area contributed by atoms with Crippen molar-refractivity contribution in [2.24, 2.45) is 5.73 Å². The second kappa shape index (κ2) is 6.53. The number of anilines is 1. The van der Waals surface area contributed by atoms with Gasteiger partial charge >= 0.3 is 0 Å². The van der Waals surface area contributed by atoms with Gasteiger partial charge in [-0.05, 0) is 30.0 Å². The Kier molecular flexibility index (Phi) is 4.73. The average Bonchev–Trinajstić information content (AvgIpc) is 2.54. The first kappa shape index (κ1) is 15.2. The minimum Gasteiger partial charge on any atom is -0.497 e. The van der Waals surface area contributed by atoms with Gasteiger partial charge in [-0.1, -0.05) is 12.1 Å². The highest BCUT2D eigenvalue weighted by Crippen LogP contribution is 2.36. The minimum atomic E-state index is 0.242. The topological polar surface area (TPSA) is 85.1 Å². The Labute approximate surface area is 128 Å². The van der Waals surface area contributed by atoms with Gasteiger partial charge in [0.15, 0.2) is 0 Å². The van der Waals surface area contributed by atoms with Crippen LogP contribution in [0.2, 0.25) is 0 Å². The Morgan fingerprint density at radius 2 is 1.95 bits per heavy atom. The standard InChI is InChI=1S/C16H17N3OS/c1-20-11-5-3-10(4-6-11)12-7-15(21-2)13(8-17)14(9-18)16(12)19/h3-7H,9,18-19H2,1-2H3.